The molecule has 0 aliphatic carbocycles. The van der Waals surface area contributed by atoms with E-state index in [0.29, 0.717) is 5.92 Å². The summed E-state index contributed by atoms with van der Waals surface area (Å²) in [7, 11) is 1.70. The van der Waals surface area contributed by atoms with Gasteiger partial charge < -0.3 is 10.1 Å². The summed E-state index contributed by atoms with van der Waals surface area (Å²) in [6.07, 6.45) is 1.98. The lowest BCUT2D eigenvalue weighted by Crippen LogP contribution is -2.27. The molecule has 0 bridgehead atoms. The number of ether oxygens (including phenoxy) is 1. The number of nitrogens with one attached hydrogen (secondary N) is 1. The van der Waals surface area contributed by atoms with Gasteiger partial charge in [0.15, 0.2) is 0 Å². The van der Waals surface area contributed by atoms with Crippen molar-refractivity contribution in [2.24, 2.45) is 0 Å². The van der Waals surface area contributed by atoms with E-state index in [1.807, 2.05) is 37.4 Å². The average Bonchev–Trinajstić information content (AvgIpc) is 2.60. The Balaban J connectivity index is 2.30. The molecule has 0 unspecified atom stereocenters. The van der Waals surface area contributed by atoms with Gasteiger partial charge in [0.1, 0.15) is 5.75 Å². The Labute approximate surface area is 155 Å². The Morgan fingerprint density at radius 1 is 1.12 bits per heavy atom. The van der Waals surface area contributed by atoms with Gasteiger partial charge >= 0.3 is 0 Å². The van der Waals surface area contributed by atoms with Crippen molar-refractivity contribution in [3.63, 3.8) is 0 Å². The van der Waals surface area contributed by atoms with Crippen molar-refractivity contribution in [3.05, 3.63) is 58.7 Å². The summed E-state index contributed by atoms with van der Waals surface area (Å²) < 4.78 is 5.51. The van der Waals surface area contributed by atoms with Crippen LogP contribution < -0.4 is 10.1 Å². The van der Waals surface area contributed by atoms with Crippen LogP contribution in [0.15, 0.2) is 41.3 Å². The third-order valence-corrected chi connectivity index (χ3v) is 5.20. The maximum absolute atomic E-state index is 12.7. The smallest absolute Gasteiger partial charge is 0.252 e. The fourth-order valence-electron chi connectivity index (χ4n) is 2.99. The molecule has 0 saturated carbocycles. The van der Waals surface area contributed by atoms with Gasteiger partial charge in [-0.3, -0.25) is 4.79 Å². The van der Waals surface area contributed by atoms with Gasteiger partial charge in [0.05, 0.1) is 18.7 Å². The molecule has 1 atom stereocenters. The number of hydrogen-bond acceptors (Lipinski definition) is 3. The number of methoxy groups -OCH3 is 1. The molecular formula is C21H27NO2S. The van der Waals surface area contributed by atoms with Crippen LogP contribution in [-0.4, -0.2) is 19.3 Å². The van der Waals surface area contributed by atoms with E-state index < -0.39 is 0 Å². The molecule has 0 fully saturated rings. The van der Waals surface area contributed by atoms with Crippen LogP contribution in [0.5, 0.6) is 5.75 Å². The summed E-state index contributed by atoms with van der Waals surface area (Å²) in [5.41, 5.74) is 4.12. The summed E-state index contributed by atoms with van der Waals surface area (Å²) in [5.74, 6) is 1.22. The molecule has 25 heavy (non-hydrogen) atoms. The predicted molar refractivity (Wildman–Crippen MR) is 106 cm³/mol. The van der Waals surface area contributed by atoms with E-state index in [4.69, 9.17) is 4.74 Å². The molecule has 0 saturated heterocycles. The summed E-state index contributed by atoms with van der Waals surface area (Å²) in [6, 6.07) is 11.8. The highest BCUT2D eigenvalue weighted by Gasteiger charge is 2.18. The maximum atomic E-state index is 12.7. The zero-order valence-corrected chi connectivity index (χ0v) is 16.7. The summed E-state index contributed by atoms with van der Waals surface area (Å²) in [4.78, 5) is 13.7. The van der Waals surface area contributed by atoms with Crippen LogP contribution >= 0.6 is 11.8 Å². The molecule has 3 nitrogen and oxygen atoms in total. The van der Waals surface area contributed by atoms with E-state index in [2.05, 4.69) is 38.2 Å². The van der Waals surface area contributed by atoms with Gasteiger partial charge in [-0.25, -0.2) is 0 Å². The van der Waals surface area contributed by atoms with Crippen LogP contribution in [0.1, 0.15) is 59.8 Å². The molecule has 0 radical (unpaired) electrons. The third-order valence-electron chi connectivity index (χ3n) is 4.41. The molecule has 2 aromatic carbocycles. The van der Waals surface area contributed by atoms with Crippen molar-refractivity contribution in [2.75, 3.05) is 13.4 Å². The Hall–Kier alpha value is -1.94. The van der Waals surface area contributed by atoms with Crippen molar-refractivity contribution in [1.29, 1.82) is 0 Å². The van der Waals surface area contributed by atoms with Crippen molar-refractivity contribution in [3.8, 4) is 5.75 Å². The van der Waals surface area contributed by atoms with Gasteiger partial charge in [0, 0.05) is 4.90 Å². The zero-order valence-electron chi connectivity index (χ0n) is 15.8. The van der Waals surface area contributed by atoms with Crippen molar-refractivity contribution in [1.82, 2.24) is 5.32 Å². The number of benzene rings is 2. The minimum Gasteiger partial charge on any atom is -0.496 e. The average molecular weight is 358 g/mol. The number of rotatable bonds is 6. The van der Waals surface area contributed by atoms with Gasteiger partial charge in [0.25, 0.3) is 5.91 Å². The van der Waals surface area contributed by atoms with Crippen LogP contribution in [0.25, 0.3) is 0 Å². The monoisotopic (exact) mass is 357 g/mol. The van der Waals surface area contributed by atoms with Gasteiger partial charge in [-0.15, -0.1) is 11.8 Å². The molecule has 0 spiro atoms. The molecule has 4 heteroatoms. The number of aryl methyl sites for hydroxylation is 1. The van der Waals surface area contributed by atoms with Crippen LogP contribution in [0.2, 0.25) is 0 Å². The topological polar surface area (TPSA) is 38.3 Å². The largest absolute Gasteiger partial charge is 0.496 e. The van der Waals surface area contributed by atoms with Gasteiger partial charge in [-0.05, 0) is 67.0 Å². The first kappa shape index (κ1) is 19.4. The van der Waals surface area contributed by atoms with E-state index in [1.54, 1.807) is 18.9 Å². The molecule has 0 aliphatic heterocycles. The first-order chi connectivity index (χ1) is 11.9. The summed E-state index contributed by atoms with van der Waals surface area (Å²) in [5, 5.41) is 3.14. The molecular weight excluding hydrogens is 330 g/mol. The quantitative estimate of drug-likeness (QED) is 0.709. The van der Waals surface area contributed by atoms with E-state index in [0.717, 1.165) is 32.9 Å². The number of carbonyl (C=O) groups excluding carboxylic acids is 1. The number of thioether (sulfide) groups is 1. The Morgan fingerprint density at radius 2 is 1.80 bits per heavy atom. The molecule has 2 rings (SSSR count). The van der Waals surface area contributed by atoms with Crippen molar-refractivity contribution < 1.29 is 9.53 Å². The molecule has 1 N–H and O–H groups in total. The zero-order chi connectivity index (χ0) is 18.6. The lowest BCUT2D eigenvalue weighted by molar-refractivity contribution is 0.0937. The fraction of sp³-hybridized carbons (Fsp3) is 0.381. The second-order valence-corrected chi connectivity index (χ2v) is 7.35. The van der Waals surface area contributed by atoms with Crippen LogP contribution in [0, 0.1) is 6.92 Å². The summed E-state index contributed by atoms with van der Waals surface area (Å²) >= 11 is 1.58. The third kappa shape index (κ3) is 4.37. The number of carbonyl (C=O) groups is 1. The van der Waals surface area contributed by atoms with Gasteiger partial charge in [-0.2, -0.15) is 0 Å². The minimum atomic E-state index is -0.0779. The van der Waals surface area contributed by atoms with Crippen molar-refractivity contribution >= 4 is 17.7 Å². The minimum absolute atomic E-state index is 0.0428. The predicted octanol–water partition coefficient (Wildman–Crippen LogP) is 5.34. The number of amides is 1. The SMILES string of the molecule is COc1cc(C)c([C@@H](C)NC(=O)c2ccccc2SC)cc1C(C)C. The molecule has 1 amide bonds. The molecule has 2 aromatic rings. The second-order valence-electron chi connectivity index (χ2n) is 6.50. The first-order valence-electron chi connectivity index (χ1n) is 8.51. The van der Waals surface area contributed by atoms with Crippen molar-refractivity contribution in [2.45, 2.75) is 44.6 Å². The van der Waals surface area contributed by atoms with E-state index in [-0.39, 0.29) is 11.9 Å². The van der Waals surface area contributed by atoms with Crippen LogP contribution in [-0.2, 0) is 0 Å². The molecule has 0 aliphatic rings. The highest BCUT2D eigenvalue weighted by atomic mass is 32.2. The van der Waals surface area contributed by atoms with Gasteiger partial charge in [-0.1, -0.05) is 26.0 Å². The number of hydrogen-bond donors (Lipinski definition) is 1. The van der Waals surface area contributed by atoms with E-state index in [1.165, 1.54) is 0 Å². The Morgan fingerprint density at radius 3 is 2.40 bits per heavy atom. The van der Waals surface area contributed by atoms with Crippen LogP contribution in [0.3, 0.4) is 0 Å². The Bertz CT molecular complexity index is 756. The maximum Gasteiger partial charge on any atom is 0.252 e. The standard InChI is InChI=1S/C21H27NO2S/c1-13(2)17-12-18(14(3)11-19(17)24-5)15(4)22-21(23)16-9-7-8-10-20(16)25-6/h7-13,15H,1-6H3,(H,22,23)/t15-/m1/s1. The fourth-order valence-corrected chi connectivity index (χ4v) is 3.59. The molecule has 0 heterocycles. The van der Waals surface area contributed by atoms with E-state index >= 15 is 0 Å². The summed E-state index contributed by atoms with van der Waals surface area (Å²) in [6.45, 7) is 8.38. The first-order valence-corrected chi connectivity index (χ1v) is 9.73. The second kappa shape index (κ2) is 8.43. The molecule has 134 valence electrons. The normalized spacial score (nSPS) is 12.1. The highest BCUT2D eigenvalue weighted by molar-refractivity contribution is 7.98. The highest BCUT2D eigenvalue weighted by Crippen LogP contribution is 2.32. The van der Waals surface area contributed by atoms with Crippen LogP contribution in [0.4, 0.5) is 0 Å². The molecule has 0 aromatic heterocycles. The Kier molecular flexibility index (Phi) is 6.54. The lowest BCUT2D eigenvalue weighted by atomic mass is 9.93. The van der Waals surface area contributed by atoms with Gasteiger partial charge in [0.2, 0.25) is 0 Å². The van der Waals surface area contributed by atoms with E-state index in [9.17, 15) is 4.79 Å². The lowest BCUT2D eigenvalue weighted by Gasteiger charge is -2.21.